The van der Waals surface area contributed by atoms with Crippen LogP contribution < -0.4 is 5.32 Å². The lowest BCUT2D eigenvalue weighted by atomic mass is 9.88. The molecule has 4 nitrogen and oxygen atoms in total. The van der Waals surface area contributed by atoms with Crippen LogP contribution in [-0.2, 0) is 4.74 Å². The third-order valence-corrected chi connectivity index (χ3v) is 3.34. The van der Waals surface area contributed by atoms with Gasteiger partial charge in [0.25, 0.3) is 0 Å². The number of carbonyl (C=O) groups excluding carboxylic acids is 1. The molecule has 2 rings (SSSR count). The van der Waals surface area contributed by atoms with E-state index in [0.717, 1.165) is 38.4 Å². The van der Waals surface area contributed by atoms with Gasteiger partial charge in [-0.25, -0.2) is 4.79 Å². The van der Waals surface area contributed by atoms with Crippen LogP contribution in [0.1, 0.15) is 33.6 Å². The molecule has 2 heterocycles. The second-order valence-electron chi connectivity index (χ2n) is 5.82. The van der Waals surface area contributed by atoms with E-state index in [2.05, 4.69) is 5.32 Å². The van der Waals surface area contributed by atoms with E-state index in [1.807, 2.05) is 25.7 Å². The summed E-state index contributed by atoms with van der Waals surface area (Å²) in [5.74, 6) is 0.771. The van der Waals surface area contributed by atoms with E-state index in [9.17, 15) is 4.79 Å². The molecular formula is C12H22N2O2. The summed E-state index contributed by atoms with van der Waals surface area (Å²) in [6.45, 7) is 8.52. The van der Waals surface area contributed by atoms with Gasteiger partial charge in [0.15, 0.2) is 0 Å². The van der Waals surface area contributed by atoms with Crippen molar-refractivity contribution in [3.05, 3.63) is 0 Å². The second kappa shape index (κ2) is 4.24. The Morgan fingerprint density at radius 3 is 2.56 bits per heavy atom. The zero-order valence-electron chi connectivity index (χ0n) is 10.5. The zero-order chi connectivity index (χ0) is 11.8. The standard InChI is InChI=1S/C12H22N2O2/c1-12(2,3)16-11(15)14-6-4-9-8-13-10(9)5-7-14/h9-10,13H,4-8H2,1-3H3/t9-,10-/m0/s1. The number of hydrogen-bond acceptors (Lipinski definition) is 3. The summed E-state index contributed by atoms with van der Waals surface area (Å²) in [4.78, 5) is 13.7. The Bertz CT molecular complexity index is 259. The van der Waals surface area contributed by atoms with Crippen LogP contribution in [-0.4, -0.2) is 42.3 Å². The van der Waals surface area contributed by atoms with Crippen LogP contribution in [0.4, 0.5) is 4.79 Å². The summed E-state index contributed by atoms with van der Waals surface area (Å²) < 4.78 is 5.39. The van der Waals surface area contributed by atoms with E-state index in [4.69, 9.17) is 4.74 Å². The van der Waals surface area contributed by atoms with Crippen LogP contribution >= 0.6 is 0 Å². The Morgan fingerprint density at radius 2 is 2.00 bits per heavy atom. The van der Waals surface area contributed by atoms with E-state index >= 15 is 0 Å². The molecule has 2 aliphatic rings. The lowest BCUT2D eigenvalue weighted by Crippen LogP contribution is -2.52. The average molecular weight is 226 g/mol. The monoisotopic (exact) mass is 226 g/mol. The van der Waals surface area contributed by atoms with Gasteiger partial charge in [0.2, 0.25) is 0 Å². The first kappa shape index (κ1) is 11.7. The van der Waals surface area contributed by atoms with Crippen molar-refractivity contribution in [2.75, 3.05) is 19.6 Å². The maximum atomic E-state index is 11.9. The molecule has 0 bridgehead atoms. The molecule has 2 fully saturated rings. The van der Waals surface area contributed by atoms with Gasteiger partial charge in [-0.2, -0.15) is 0 Å². The number of amides is 1. The maximum Gasteiger partial charge on any atom is 0.410 e. The first-order valence-electron chi connectivity index (χ1n) is 6.17. The molecule has 0 spiro atoms. The number of ether oxygens (including phenoxy) is 1. The highest BCUT2D eigenvalue weighted by Crippen LogP contribution is 2.25. The molecule has 16 heavy (non-hydrogen) atoms. The third kappa shape index (κ3) is 2.67. The number of fused-ring (bicyclic) bond motifs is 1. The molecule has 2 aliphatic heterocycles. The van der Waals surface area contributed by atoms with E-state index in [0.29, 0.717) is 6.04 Å². The normalized spacial score (nSPS) is 30.1. The van der Waals surface area contributed by atoms with Crippen LogP contribution in [0.3, 0.4) is 0 Å². The lowest BCUT2D eigenvalue weighted by molar-refractivity contribution is 0.0256. The fourth-order valence-electron chi connectivity index (χ4n) is 2.33. The van der Waals surface area contributed by atoms with Crippen LogP contribution in [0.2, 0.25) is 0 Å². The maximum absolute atomic E-state index is 11.9. The van der Waals surface area contributed by atoms with Crippen LogP contribution in [0.25, 0.3) is 0 Å². The number of nitrogens with zero attached hydrogens (tertiary/aromatic N) is 1. The molecule has 2 atom stereocenters. The molecule has 0 aromatic carbocycles. The van der Waals surface area contributed by atoms with Gasteiger partial charge in [-0.3, -0.25) is 0 Å². The van der Waals surface area contributed by atoms with E-state index in [1.54, 1.807) is 0 Å². The van der Waals surface area contributed by atoms with Crippen molar-refractivity contribution < 1.29 is 9.53 Å². The Labute approximate surface area is 97.3 Å². The number of rotatable bonds is 0. The molecule has 92 valence electrons. The summed E-state index contributed by atoms with van der Waals surface area (Å²) in [6.07, 6.45) is 2.01. The fraction of sp³-hybridized carbons (Fsp3) is 0.917. The number of hydrogen-bond donors (Lipinski definition) is 1. The number of nitrogens with one attached hydrogen (secondary N) is 1. The lowest BCUT2D eigenvalue weighted by Gasteiger charge is -2.36. The van der Waals surface area contributed by atoms with Gasteiger partial charge in [-0.05, 0) is 46.1 Å². The minimum absolute atomic E-state index is 0.159. The highest BCUT2D eigenvalue weighted by molar-refractivity contribution is 5.68. The molecule has 0 saturated carbocycles. The van der Waals surface area contributed by atoms with Gasteiger partial charge in [0.1, 0.15) is 5.60 Å². The summed E-state index contributed by atoms with van der Waals surface area (Å²) >= 11 is 0. The minimum Gasteiger partial charge on any atom is -0.444 e. The minimum atomic E-state index is -0.388. The Balaban J connectivity index is 1.87. The molecule has 1 N–H and O–H groups in total. The van der Waals surface area contributed by atoms with Crippen molar-refractivity contribution in [2.45, 2.75) is 45.3 Å². The molecule has 0 aromatic rings. The van der Waals surface area contributed by atoms with Gasteiger partial charge >= 0.3 is 6.09 Å². The highest BCUT2D eigenvalue weighted by atomic mass is 16.6. The predicted octanol–water partition coefficient (Wildman–Crippen LogP) is 1.61. The summed E-state index contributed by atoms with van der Waals surface area (Å²) in [5.41, 5.74) is -0.388. The van der Waals surface area contributed by atoms with E-state index < -0.39 is 0 Å². The van der Waals surface area contributed by atoms with Gasteiger partial charge in [0.05, 0.1) is 0 Å². The largest absolute Gasteiger partial charge is 0.444 e. The summed E-state index contributed by atoms with van der Waals surface area (Å²) in [6, 6.07) is 0.632. The quantitative estimate of drug-likeness (QED) is 0.682. The van der Waals surface area contributed by atoms with E-state index in [-0.39, 0.29) is 11.7 Å². The summed E-state index contributed by atoms with van der Waals surface area (Å²) in [7, 11) is 0. The molecular weight excluding hydrogens is 204 g/mol. The molecule has 4 heteroatoms. The third-order valence-electron chi connectivity index (χ3n) is 3.34. The summed E-state index contributed by atoms with van der Waals surface area (Å²) in [5, 5.41) is 3.42. The van der Waals surface area contributed by atoms with Gasteiger partial charge in [-0.15, -0.1) is 0 Å². The van der Waals surface area contributed by atoms with Crippen LogP contribution in [0.5, 0.6) is 0 Å². The van der Waals surface area contributed by atoms with Gasteiger partial charge in [-0.1, -0.05) is 0 Å². The van der Waals surface area contributed by atoms with Crippen LogP contribution in [0.15, 0.2) is 0 Å². The first-order valence-corrected chi connectivity index (χ1v) is 6.17. The molecule has 0 aromatic heterocycles. The molecule has 1 amide bonds. The van der Waals surface area contributed by atoms with Crippen molar-refractivity contribution in [3.63, 3.8) is 0 Å². The topological polar surface area (TPSA) is 41.6 Å². The van der Waals surface area contributed by atoms with Gasteiger partial charge in [0, 0.05) is 19.1 Å². The second-order valence-corrected chi connectivity index (χ2v) is 5.82. The fourth-order valence-corrected chi connectivity index (χ4v) is 2.33. The van der Waals surface area contributed by atoms with Crippen molar-refractivity contribution >= 4 is 6.09 Å². The van der Waals surface area contributed by atoms with Crippen LogP contribution in [0, 0.1) is 5.92 Å². The van der Waals surface area contributed by atoms with Crippen molar-refractivity contribution in [1.82, 2.24) is 10.2 Å². The first-order chi connectivity index (χ1) is 7.46. The zero-order valence-corrected chi connectivity index (χ0v) is 10.5. The molecule has 2 saturated heterocycles. The van der Waals surface area contributed by atoms with Crippen molar-refractivity contribution in [2.24, 2.45) is 5.92 Å². The Hall–Kier alpha value is -0.770. The predicted molar refractivity (Wildman–Crippen MR) is 62.3 cm³/mol. The molecule has 0 unspecified atom stereocenters. The van der Waals surface area contributed by atoms with E-state index in [1.165, 1.54) is 0 Å². The molecule has 0 aliphatic carbocycles. The Morgan fingerprint density at radius 1 is 1.31 bits per heavy atom. The number of likely N-dealkylation sites (tertiary alicyclic amines) is 1. The molecule has 0 radical (unpaired) electrons. The van der Waals surface area contributed by atoms with Crippen molar-refractivity contribution in [1.29, 1.82) is 0 Å². The van der Waals surface area contributed by atoms with Gasteiger partial charge < -0.3 is 15.0 Å². The SMILES string of the molecule is CC(C)(C)OC(=O)N1CC[C@H]2CN[C@H]2CC1. The smallest absolute Gasteiger partial charge is 0.410 e. The Kier molecular flexibility index (Phi) is 3.10. The number of carbonyl (C=O) groups is 1. The van der Waals surface area contributed by atoms with Crippen molar-refractivity contribution in [3.8, 4) is 0 Å². The highest BCUT2D eigenvalue weighted by Gasteiger charge is 2.34. The average Bonchev–Trinajstić information content (AvgIpc) is 2.23.